The standard InChI is InChI=1S/C20H27N3.Cu.F6P/c1-2-7-19(8-3-1)10-15-22-13-6-14-23(18-17-22)16-11-20-9-4-5-12-21-20;;1-7(2,3,4,5)6/h1-5,7-9,12H,6,10-11,13-18H2;;/q;+1;-1. The molecule has 0 spiro atoms. The van der Waals surface area contributed by atoms with Gasteiger partial charge in [-0.25, -0.2) is 0 Å². The van der Waals surface area contributed by atoms with Crippen LogP contribution in [0.15, 0.2) is 54.7 Å². The van der Waals surface area contributed by atoms with Crippen molar-refractivity contribution >= 4 is 7.81 Å². The second-order valence-electron chi connectivity index (χ2n) is 7.30. The zero-order valence-electron chi connectivity index (χ0n) is 16.9. The summed E-state index contributed by atoms with van der Waals surface area (Å²) in [6, 6.07) is 17.0. The molecule has 2 heterocycles. The molecule has 1 saturated heterocycles. The molecule has 0 N–H and O–H groups in total. The summed E-state index contributed by atoms with van der Waals surface area (Å²) in [5.41, 5.74) is 2.65. The summed E-state index contributed by atoms with van der Waals surface area (Å²) in [6.07, 6.45) is 5.39. The zero-order valence-corrected chi connectivity index (χ0v) is 18.8. The molecular weight excluding hydrogens is 491 g/mol. The van der Waals surface area contributed by atoms with Crippen LogP contribution in [0.25, 0.3) is 0 Å². The number of pyridine rings is 1. The van der Waals surface area contributed by atoms with Gasteiger partial charge in [-0.15, -0.1) is 0 Å². The van der Waals surface area contributed by atoms with Crippen molar-refractivity contribution in [2.45, 2.75) is 19.3 Å². The second-order valence-corrected chi connectivity index (χ2v) is 9.22. The monoisotopic (exact) mass is 517 g/mol. The van der Waals surface area contributed by atoms with Gasteiger partial charge in [0.1, 0.15) is 0 Å². The van der Waals surface area contributed by atoms with E-state index in [2.05, 4.69) is 57.2 Å². The quantitative estimate of drug-likeness (QED) is 0.256. The van der Waals surface area contributed by atoms with Crippen LogP contribution >= 0.6 is 7.81 Å². The van der Waals surface area contributed by atoms with E-state index in [1.165, 1.54) is 50.4 Å². The van der Waals surface area contributed by atoms with Crippen molar-refractivity contribution < 1.29 is 42.3 Å². The van der Waals surface area contributed by atoms with E-state index in [9.17, 15) is 25.2 Å². The van der Waals surface area contributed by atoms with Crippen molar-refractivity contribution in [3.8, 4) is 0 Å². The number of hydrogen-bond acceptors (Lipinski definition) is 3. The molecule has 3 nitrogen and oxygen atoms in total. The molecule has 0 amide bonds. The van der Waals surface area contributed by atoms with Crippen LogP contribution in [0.1, 0.15) is 17.7 Å². The second kappa shape index (κ2) is 11.1. The molecule has 0 bridgehead atoms. The van der Waals surface area contributed by atoms with Gasteiger partial charge in [-0.3, -0.25) is 4.98 Å². The Bertz CT molecular complexity index is 700. The van der Waals surface area contributed by atoms with E-state index in [0.717, 1.165) is 19.4 Å². The van der Waals surface area contributed by atoms with E-state index >= 15 is 0 Å². The molecule has 0 radical (unpaired) electrons. The fraction of sp³-hybridized carbons (Fsp3) is 0.450. The summed E-state index contributed by atoms with van der Waals surface area (Å²) in [4.78, 5) is 9.64. The van der Waals surface area contributed by atoms with Crippen molar-refractivity contribution in [2.24, 2.45) is 0 Å². The van der Waals surface area contributed by atoms with Crippen molar-refractivity contribution in [3.05, 3.63) is 66.0 Å². The van der Waals surface area contributed by atoms with Crippen molar-refractivity contribution in [3.63, 3.8) is 0 Å². The van der Waals surface area contributed by atoms with Crippen LogP contribution in [-0.4, -0.2) is 54.1 Å². The molecule has 1 aliphatic heterocycles. The summed E-state index contributed by atoms with van der Waals surface area (Å²) < 4.78 is 59.2. The first kappa shape index (κ1) is 27.9. The van der Waals surface area contributed by atoms with Crippen LogP contribution < -0.4 is 0 Å². The molecule has 1 aromatic heterocycles. The first-order chi connectivity index (χ1) is 13.8. The summed E-state index contributed by atoms with van der Waals surface area (Å²) in [7, 11) is -10.7. The van der Waals surface area contributed by atoms with Crippen LogP contribution in [-0.2, 0) is 29.9 Å². The predicted octanol–water partition coefficient (Wildman–Crippen LogP) is 6.25. The molecule has 1 aromatic carbocycles. The smallest absolute Gasteiger partial charge is 0.302 e. The Morgan fingerprint density at radius 1 is 0.710 bits per heavy atom. The van der Waals surface area contributed by atoms with E-state index < -0.39 is 7.81 Å². The minimum absolute atomic E-state index is 0. The van der Waals surface area contributed by atoms with Gasteiger partial charge in [0, 0.05) is 44.5 Å². The number of rotatable bonds is 6. The molecular formula is C20H27CuF6N3P. The maximum atomic E-state index is 9.87. The molecule has 0 aliphatic carbocycles. The van der Waals surface area contributed by atoms with Crippen molar-refractivity contribution in [2.75, 3.05) is 39.3 Å². The van der Waals surface area contributed by atoms with Crippen molar-refractivity contribution in [1.82, 2.24) is 14.8 Å². The van der Waals surface area contributed by atoms with Gasteiger partial charge in [0.15, 0.2) is 0 Å². The molecule has 31 heavy (non-hydrogen) atoms. The fourth-order valence-electron chi connectivity index (χ4n) is 3.22. The average molecular weight is 518 g/mol. The van der Waals surface area contributed by atoms with E-state index in [4.69, 9.17) is 0 Å². The molecule has 11 heteroatoms. The van der Waals surface area contributed by atoms with Gasteiger partial charge in [0.05, 0.1) is 0 Å². The number of nitrogens with zero attached hydrogens (tertiary/aromatic N) is 3. The third-order valence-corrected chi connectivity index (χ3v) is 4.65. The number of hydrogen-bond donors (Lipinski definition) is 0. The maximum absolute atomic E-state index is 10.7. The van der Waals surface area contributed by atoms with Crippen LogP contribution in [0.5, 0.6) is 0 Å². The van der Waals surface area contributed by atoms with Crippen LogP contribution in [0.3, 0.4) is 0 Å². The van der Waals surface area contributed by atoms with Gasteiger partial charge in [0.2, 0.25) is 0 Å². The normalized spacial score (nSPS) is 17.9. The summed E-state index contributed by atoms with van der Waals surface area (Å²) in [5.74, 6) is 0. The SMILES string of the molecule is F[P-](F)(F)(F)(F)F.[Cu+].c1ccc(CCN2CCCN(CCc3ccccn3)CC2)cc1. The maximum Gasteiger partial charge on any atom is 1.00 e. The minimum atomic E-state index is -10.7. The molecule has 1 aliphatic rings. The van der Waals surface area contributed by atoms with E-state index in [0.29, 0.717) is 0 Å². The number of benzene rings is 1. The molecule has 0 atom stereocenters. The van der Waals surface area contributed by atoms with Gasteiger partial charge in [-0.1, -0.05) is 36.4 Å². The van der Waals surface area contributed by atoms with Crippen LogP contribution in [0.2, 0.25) is 0 Å². The number of aromatic nitrogens is 1. The Kier molecular flexibility index (Phi) is 9.98. The first-order valence-electron chi connectivity index (χ1n) is 9.80. The molecule has 0 saturated carbocycles. The van der Waals surface area contributed by atoms with E-state index in [1.807, 2.05) is 12.3 Å². The van der Waals surface area contributed by atoms with Gasteiger partial charge < -0.3 is 9.80 Å². The minimum Gasteiger partial charge on any atom is -0.302 e. The summed E-state index contributed by atoms with van der Waals surface area (Å²) in [5, 5.41) is 0. The summed E-state index contributed by atoms with van der Waals surface area (Å²) >= 11 is 0. The van der Waals surface area contributed by atoms with Gasteiger partial charge in [-0.05, 0) is 43.6 Å². The molecule has 1 fully saturated rings. The van der Waals surface area contributed by atoms with Crippen LogP contribution in [0.4, 0.5) is 25.2 Å². The fourth-order valence-corrected chi connectivity index (χ4v) is 3.22. The molecule has 3 rings (SSSR count). The third kappa shape index (κ3) is 16.2. The third-order valence-electron chi connectivity index (χ3n) is 4.65. The zero-order chi connectivity index (χ0) is 22.2. The van der Waals surface area contributed by atoms with Gasteiger partial charge in [-0.2, -0.15) is 0 Å². The Morgan fingerprint density at radius 2 is 1.23 bits per heavy atom. The topological polar surface area (TPSA) is 19.4 Å². The van der Waals surface area contributed by atoms with Gasteiger partial charge in [0.25, 0.3) is 0 Å². The Labute approximate surface area is 189 Å². The van der Waals surface area contributed by atoms with Crippen molar-refractivity contribution in [1.29, 1.82) is 0 Å². The summed E-state index contributed by atoms with van der Waals surface area (Å²) in [6.45, 7) is 7.12. The Morgan fingerprint density at radius 3 is 1.74 bits per heavy atom. The predicted molar refractivity (Wildman–Crippen MR) is 109 cm³/mol. The molecule has 2 aromatic rings. The average Bonchev–Trinajstić information content (AvgIpc) is 2.89. The van der Waals surface area contributed by atoms with Gasteiger partial charge >= 0.3 is 50.1 Å². The largest absolute Gasteiger partial charge is 1.00 e. The van der Waals surface area contributed by atoms with E-state index in [1.54, 1.807) is 0 Å². The number of halogens is 6. The Balaban J connectivity index is 0.000000523. The van der Waals surface area contributed by atoms with Crippen LogP contribution in [0, 0.1) is 0 Å². The Hall–Kier alpha value is -1.18. The molecule has 0 unspecified atom stereocenters. The van der Waals surface area contributed by atoms with E-state index in [-0.39, 0.29) is 17.1 Å². The first-order valence-corrected chi connectivity index (χ1v) is 11.8. The molecule has 180 valence electrons.